The predicted octanol–water partition coefficient (Wildman–Crippen LogP) is 5.76. The molecule has 0 radical (unpaired) electrons. The van der Waals surface area contributed by atoms with Gasteiger partial charge < -0.3 is 5.32 Å². The molecule has 0 aliphatic carbocycles. The minimum absolute atomic E-state index is 0.273. The third-order valence-corrected chi connectivity index (χ3v) is 4.48. The van der Waals surface area contributed by atoms with Crippen molar-refractivity contribution in [2.24, 2.45) is 0 Å². The number of benzene rings is 2. The van der Waals surface area contributed by atoms with Crippen molar-refractivity contribution in [2.75, 3.05) is 5.32 Å². The van der Waals surface area contributed by atoms with Crippen LogP contribution in [0.2, 0.25) is 10.0 Å². The van der Waals surface area contributed by atoms with Crippen molar-refractivity contribution < 1.29 is 4.39 Å². The van der Waals surface area contributed by atoms with Crippen molar-refractivity contribution in [3.05, 3.63) is 63.9 Å². The average Bonchev–Trinajstić information content (AvgIpc) is 2.43. The van der Waals surface area contributed by atoms with Gasteiger partial charge in [0.25, 0.3) is 0 Å². The molecule has 0 fully saturated rings. The van der Waals surface area contributed by atoms with E-state index in [1.165, 1.54) is 23.9 Å². The lowest BCUT2D eigenvalue weighted by Gasteiger charge is -2.08. The maximum atomic E-state index is 12.8. The van der Waals surface area contributed by atoms with Gasteiger partial charge in [-0.2, -0.15) is 0 Å². The molecule has 0 saturated heterocycles. The molecular formula is C14H10Cl2FNS2. The number of halogens is 3. The lowest BCUT2D eigenvalue weighted by molar-refractivity contribution is 0.628. The van der Waals surface area contributed by atoms with E-state index >= 15 is 0 Å². The number of thioether (sulfide) groups is 1. The van der Waals surface area contributed by atoms with E-state index in [9.17, 15) is 4.39 Å². The minimum Gasteiger partial charge on any atom is -0.341 e. The molecule has 2 aromatic rings. The maximum absolute atomic E-state index is 12.8. The molecule has 0 bridgehead atoms. The fourth-order valence-corrected chi connectivity index (χ4v) is 2.75. The van der Waals surface area contributed by atoms with E-state index in [1.807, 2.05) is 12.1 Å². The number of rotatable bonds is 3. The van der Waals surface area contributed by atoms with Gasteiger partial charge in [-0.15, -0.1) is 0 Å². The number of hydrogen-bond acceptors (Lipinski definition) is 2. The molecule has 104 valence electrons. The smallest absolute Gasteiger partial charge is 0.138 e. The molecule has 2 aromatic carbocycles. The summed E-state index contributed by atoms with van der Waals surface area (Å²) in [6.07, 6.45) is 0. The normalized spacial score (nSPS) is 10.3. The SMILES string of the molecule is Fc1ccc(NC(=S)SCc2ccc(Cl)c(Cl)c2)cc1. The van der Waals surface area contributed by atoms with Gasteiger partial charge in [0.2, 0.25) is 0 Å². The molecule has 6 heteroatoms. The summed E-state index contributed by atoms with van der Waals surface area (Å²) in [6.45, 7) is 0. The van der Waals surface area contributed by atoms with Crippen molar-refractivity contribution in [3.63, 3.8) is 0 Å². The first kappa shape index (κ1) is 15.6. The molecule has 1 nitrogen and oxygen atoms in total. The lowest BCUT2D eigenvalue weighted by Crippen LogP contribution is -2.04. The number of thiocarbonyl (C=S) groups is 1. The van der Waals surface area contributed by atoms with Gasteiger partial charge in [-0.05, 0) is 42.0 Å². The Kier molecular flexibility index (Phi) is 5.66. The minimum atomic E-state index is -0.273. The highest BCUT2D eigenvalue weighted by Crippen LogP contribution is 2.25. The largest absolute Gasteiger partial charge is 0.341 e. The van der Waals surface area contributed by atoms with Crippen LogP contribution in [0.25, 0.3) is 0 Å². The van der Waals surface area contributed by atoms with Crippen LogP contribution in [0, 0.1) is 5.82 Å². The first-order valence-corrected chi connectivity index (χ1v) is 7.83. The van der Waals surface area contributed by atoms with Gasteiger partial charge in [-0.25, -0.2) is 4.39 Å². The molecule has 0 unspecified atom stereocenters. The quantitative estimate of drug-likeness (QED) is 0.710. The average molecular weight is 346 g/mol. The molecule has 0 saturated carbocycles. The fourth-order valence-electron chi connectivity index (χ4n) is 1.47. The lowest BCUT2D eigenvalue weighted by atomic mass is 10.2. The first-order chi connectivity index (χ1) is 9.54. The molecule has 0 heterocycles. The molecule has 0 aromatic heterocycles. The van der Waals surface area contributed by atoms with E-state index in [2.05, 4.69) is 5.32 Å². The molecule has 2 rings (SSSR count). The Hall–Kier alpha value is -0.810. The van der Waals surface area contributed by atoms with Gasteiger partial charge >= 0.3 is 0 Å². The highest BCUT2D eigenvalue weighted by Gasteiger charge is 2.03. The highest BCUT2D eigenvalue weighted by molar-refractivity contribution is 8.22. The maximum Gasteiger partial charge on any atom is 0.138 e. The molecule has 0 aliphatic rings. The van der Waals surface area contributed by atoms with Crippen molar-refractivity contribution in [3.8, 4) is 0 Å². The zero-order chi connectivity index (χ0) is 14.5. The van der Waals surface area contributed by atoms with Crippen LogP contribution in [0.1, 0.15) is 5.56 Å². The summed E-state index contributed by atoms with van der Waals surface area (Å²) in [4.78, 5) is 0. The van der Waals surface area contributed by atoms with E-state index < -0.39 is 0 Å². The summed E-state index contributed by atoms with van der Waals surface area (Å²) < 4.78 is 13.4. The fraction of sp³-hybridized carbons (Fsp3) is 0.0714. The van der Waals surface area contributed by atoms with Crippen LogP contribution in [0.5, 0.6) is 0 Å². The van der Waals surface area contributed by atoms with Crippen LogP contribution < -0.4 is 5.32 Å². The third-order valence-electron chi connectivity index (χ3n) is 2.44. The Bertz CT molecular complexity index is 617. The second-order valence-corrected chi connectivity index (χ2v) is 6.42. The first-order valence-electron chi connectivity index (χ1n) is 5.68. The second-order valence-electron chi connectivity index (χ2n) is 3.96. The predicted molar refractivity (Wildman–Crippen MR) is 90.4 cm³/mol. The van der Waals surface area contributed by atoms with Crippen LogP contribution in [0.4, 0.5) is 10.1 Å². The van der Waals surface area contributed by atoms with Crippen LogP contribution in [-0.4, -0.2) is 4.32 Å². The van der Waals surface area contributed by atoms with E-state index in [1.54, 1.807) is 18.2 Å². The number of nitrogens with one attached hydrogen (secondary N) is 1. The third kappa shape index (κ3) is 4.63. The molecule has 1 N–H and O–H groups in total. The van der Waals surface area contributed by atoms with E-state index in [0.717, 1.165) is 11.3 Å². The Balaban J connectivity index is 1.88. The van der Waals surface area contributed by atoms with Crippen molar-refractivity contribution in [1.29, 1.82) is 0 Å². The molecule has 0 atom stereocenters. The van der Waals surface area contributed by atoms with E-state index in [0.29, 0.717) is 20.1 Å². The summed E-state index contributed by atoms with van der Waals surface area (Å²) in [7, 11) is 0. The molecular weight excluding hydrogens is 336 g/mol. The summed E-state index contributed by atoms with van der Waals surface area (Å²) in [5.41, 5.74) is 1.80. The van der Waals surface area contributed by atoms with Crippen LogP contribution >= 0.6 is 47.2 Å². The van der Waals surface area contributed by atoms with Crippen LogP contribution in [0.3, 0.4) is 0 Å². The van der Waals surface area contributed by atoms with Crippen molar-refractivity contribution >= 4 is 57.2 Å². The second kappa shape index (κ2) is 7.27. The number of anilines is 1. The highest BCUT2D eigenvalue weighted by atomic mass is 35.5. The Morgan fingerprint density at radius 3 is 2.45 bits per heavy atom. The molecule has 0 spiro atoms. The topological polar surface area (TPSA) is 12.0 Å². The summed E-state index contributed by atoms with van der Waals surface area (Å²) in [5, 5.41) is 4.10. The Morgan fingerprint density at radius 1 is 1.10 bits per heavy atom. The van der Waals surface area contributed by atoms with Gasteiger partial charge in [0.1, 0.15) is 10.1 Å². The van der Waals surface area contributed by atoms with Gasteiger partial charge in [0.05, 0.1) is 10.0 Å². The standard InChI is InChI=1S/C14H10Cl2FNS2/c15-12-6-1-9(7-13(12)16)8-20-14(19)18-11-4-2-10(17)3-5-11/h1-7H,8H2,(H,18,19). The Morgan fingerprint density at radius 2 is 1.80 bits per heavy atom. The van der Waals surface area contributed by atoms with Crippen molar-refractivity contribution in [2.45, 2.75) is 5.75 Å². The van der Waals surface area contributed by atoms with Crippen LogP contribution in [0.15, 0.2) is 42.5 Å². The van der Waals surface area contributed by atoms with Gasteiger partial charge in [-0.3, -0.25) is 0 Å². The van der Waals surface area contributed by atoms with Gasteiger partial charge in [-0.1, -0.05) is 53.2 Å². The summed E-state index contributed by atoms with van der Waals surface area (Å²) >= 11 is 18.5. The number of hydrogen-bond donors (Lipinski definition) is 1. The van der Waals surface area contributed by atoms with Crippen LogP contribution in [-0.2, 0) is 5.75 Å². The van der Waals surface area contributed by atoms with Crippen molar-refractivity contribution in [1.82, 2.24) is 0 Å². The molecule has 20 heavy (non-hydrogen) atoms. The van der Waals surface area contributed by atoms with Gasteiger partial charge in [0, 0.05) is 11.4 Å². The van der Waals surface area contributed by atoms with Gasteiger partial charge in [0.15, 0.2) is 0 Å². The zero-order valence-electron chi connectivity index (χ0n) is 10.2. The summed E-state index contributed by atoms with van der Waals surface area (Å²) in [6, 6.07) is 11.5. The monoisotopic (exact) mass is 345 g/mol. The summed E-state index contributed by atoms with van der Waals surface area (Å²) in [5.74, 6) is 0.411. The van der Waals surface area contributed by atoms with E-state index in [4.69, 9.17) is 35.4 Å². The molecule has 0 amide bonds. The zero-order valence-corrected chi connectivity index (χ0v) is 13.3. The molecule has 0 aliphatic heterocycles. The van der Waals surface area contributed by atoms with E-state index in [-0.39, 0.29) is 5.82 Å². The Labute approximate surface area is 136 Å².